The van der Waals surface area contributed by atoms with E-state index in [0.29, 0.717) is 5.57 Å². The number of hydrogen-bond donors (Lipinski definition) is 3. The summed E-state index contributed by atoms with van der Waals surface area (Å²) in [6, 6.07) is 0. The third kappa shape index (κ3) is 2.87. The molecule has 1 heterocycles. The summed E-state index contributed by atoms with van der Waals surface area (Å²) in [5, 5.41) is 31.2. The number of aliphatic hydroxyl groups excluding tert-OH is 3. The lowest BCUT2D eigenvalue weighted by Gasteiger charge is -2.49. The van der Waals surface area contributed by atoms with Crippen LogP contribution in [0.2, 0.25) is 0 Å². The maximum atomic E-state index is 13.0. The largest absolute Gasteiger partial charge is 0.509 e. The maximum absolute atomic E-state index is 13.0. The molecule has 0 radical (unpaired) electrons. The van der Waals surface area contributed by atoms with E-state index in [0.717, 1.165) is 6.08 Å². The highest BCUT2D eigenvalue weighted by atomic mass is 16.7. The number of esters is 2. The average Bonchev–Trinajstić information content (AvgIpc) is 2.80. The van der Waals surface area contributed by atoms with Crippen molar-refractivity contribution in [3.05, 3.63) is 69.6 Å². The number of aliphatic hydroxyl groups is 3. The fourth-order valence-electron chi connectivity index (χ4n) is 4.60. The maximum Gasteiger partial charge on any atom is 0.334 e. The van der Waals surface area contributed by atoms with Gasteiger partial charge in [0.1, 0.15) is 23.5 Å². The Morgan fingerprint density at radius 2 is 1.72 bits per heavy atom. The Morgan fingerprint density at radius 3 is 2.31 bits per heavy atom. The van der Waals surface area contributed by atoms with Crippen molar-refractivity contribution in [1.29, 1.82) is 0 Å². The van der Waals surface area contributed by atoms with Crippen molar-refractivity contribution in [2.45, 2.75) is 11.9 Å². The molecule has 0 bridgehead atoms. The summed E-state index contributed by atoms with van der Waals surface area (Å²) in [6.45, 7) is 0. The second kappa shape index (κ2) is 7.57. The zero-order valence-corrected chi connectivity index (χ0v) is 17.7. The Hall–Kier alpha value is -3.50. The lowest BCUT2D eigenvalue weighted by molar-refractivity contribution is -0.205. The number of carbonyl (C=O) groups is 2. The first-order chi connectivity index (χ1) is 15.2. The molecule has 10 nitrogen and oxygen atoms in total. The molecule has 4 atom stereocenters. The summed E-state index contributed by atoms with van der Waals surface area (Å²) in [5.74, 6) is -6.34. The molecular formula is C22H22O10. The Bertz CT molecular complexity index is 1090. The summed E-state index contributed by atoms with van der Waals surface area (Å²) in [6.07, 6.45) is 4.06. The monoisotopic (exact) mass is 446 g/mol. The molecule has 4 unspecified atom stereocenters. The number of ether oxygens (including phenoxy) is 5. The second-order valence-electron chi connectivity index (χ2n) is 7.46. The molecule has 0 saturated carbocycles. The van der Waals surface area contributed by atoms with E-state index in [2.05, 4.69) is 0 Å². The first-order valence-electron chi connectivity index (χ1n) is 9.59. The van der Waals surface area contributed by atoms with E-state index in [1.165, 1.54) is 46.7 Å². The van der Waals surface area contributed by atoms with Gasteiger partial charge in [-0.25, -0.2) is 4.79 Å². The third-order valence-electron chi connectivity index (χ3n) is 6.00. The van der Waals surface area contributed by atoms with Gasteiger partial charge in [0.05, 0.1) is 26.9 Å². The number of methoxy groups -OCH3 is 4. The summed E-state index contributed by atoms with van der Waals surface area (Å²) in [7, 11) is 5.05. The lowest BCUT2D eigenvalue weighted by Crippen LogP contribution is -2.53. The van der Waals surface area contributed by atoms with Crippen LogP contribution in [0, 0.1) is 11.8 Å². The summed E-state index contributed by atoms with van der Waals surface area (Å²) in [5.41, 5.74) is 0.867. The number of carbonyl (C=O) groups excluding carboxylic acids is 2. The molecule has 0 spiro atoms. The van der Waals surface area contributed by atoms with Crippen molar-refractivity contribution in [1.82, 2.24) is 0 Å². The van der Waals surface area contributed by atoms with Gasteiger partial charge >= 0.3 is 11.9 Å². The van der Waals surface area contributed by atoms with Gasteiger partial charge in [0, 0.05) is 36.3 Å². The Morgan fingerprint density at radius 1 is 1.00 bits per heavy atom. The van der Waals surface area contributed by atoms with Crippen molar-refractivity contribution in [2.75, 3.05) is 28.4 Å². The van der Waals surface area contributed by atoms with Gasteiger partial charge in [0.25, 0.3) is 0 Å². The van der Waals surface area contributed by atoms with E-state index < -0.39 is 47.2 Å². The van der Waals surface area contributed by atoms with E-state index in [1.54, 1.807) is 0 Å². The quantitative estimate of drug-likeness (QED) is 0.547. The van der Waals surface area contributed by atoms with Gasteiger partial charge in [-0.1, -0.05) is 0 Å². The van der Waals surface area contributed by atoms with Crippen LogP contribution in [-0.2, 0) is 33.3 Å². The number of hydrogen-bond acceptors (Lipinski definition) is 10. The topological polar surface area (TPSA) is 141 Å². The van der Waals surface area contributed by atoms with E-state index in [1.807, 2.05) is 0 Å². The van der Waals surface area contributed by atoms with Gasteiger partial charge in [-0.2, -0.15) is 0 Å². The molecule has 3 aliphatic carbocycles. The molecule has 4 aliphatic rings. The molecule has 10 heteroatoms. The van der Waals surface area contributed by atoms with Crippen LogP contribution in [0.15, 0.2) is 69.6 Å². The standard InChI is InChI=1S/C22H22O10/c1-28-15-7-13(24)19-16-9(15)5-10(20(26)29-2)17(21(27)30-3)18(16)11-6-12(23)14(25)8-22(11,31-4)32-19/h5-8,16-17,19,23-25H,1-4H3. The van der Waals surface area contributed by atoms with Crippen molar-refractivity contribution >= 4 is 11.9 Å². The van der Waals surface area contributed by atoms with Crippen LogP contribution < -0.4 is 0 Å². The Labute approximate surface area is 183 Å². The summed E-state index contributed by atoms with van der Waals surface area (Å²) >= 11 is 0. The molecule has 0 aromatic rings. The fraction of sp³-hybridized carbons (Fsp3) is 0.364. The van der Waals surface area contributed by atoms with Gasteiger partial charge in [0.2, 0.25) is 5.79 Å². The average molecular weight is 446 g/mol. The van der Waals surface area contributed by atoms with Crippen LogP contribution in [0.3, 0.4) is 0 Å². The zero-order chi connectivity index (χ0) is 23.4. The van der Waals surface area contributed by atoms with Gasteiger partial charge in [-0.3, -0.25) is 4.79 Å². The van der Waals surface area contributed by atoms with E-state index in [9.17, 15) is 24.9 Å². The molecule has 1 aliphatic heterocycles. The Balaban J connectivity index is 2.14. The Kier molecular flexibility index (Phi) is 5.14. The number of fused-ring (bicyclic) bond motifs is 1. The molecule has 0 saturated heterocycles. The summed E-state index contributed by atoms with van der Waals surface area (Å²) < 4.78 is 27.0. The predicted molar refractivity (Wildman–Crippen MR) is 107 cm³/mol. The molecule has 32 heavy (non-hydrogen) atoms. The van der Waals surface area contributed by atoms with Gasteiger partial charge in [-0.15, -0.1) is 0 Å². The van der Waals surface area contributed by atoms with Crippen LogP contribution in [0.4, 0.5) is 0 Å². The smallest absolute Gasteiger partial charge is 0.334 e. The molecule has 4 rings (SSSR count). The highest BCUT2D eigenvalue weighted by Gasteiger charge is 2.57. The molecule has 0 amide bonds. The van der Waals surface area contributed by atoms with E-state index in [-0.39, 0.29) is 28.2 Å². The van der Waals surface area contributed by atoms with Crippen LogP contribution in [-0.4, -0.2) is 67.6 Å². The van der Waals surface area contributed by atoms with E-state index >= 15 is 0 Å². The molecular weight excluding hydrogens is 424 g/mol. The summed E-state index contributed by atoms with van der Waals surface area (Å²) in [4.78, 5) is 25.6. The van der Waals surface area contributed by atoms with E-state index in [4.69, 9.17) is 23.7 Å². The van der Waals surface area contributed by atoms with Crippen molar-refractivity contribution < 1.29 is 48.6 Å². The lowest BCUT2D eigenvalue weighted by atomic mass is 9.65. The minimum Gasteiger partial charge on any atom is -0.509 e. The fourth-order valence-corrected chi connectivity index (χ4v) is 4.60. The van der Waals surface area contributed by atoms with Crippen LogP contribution >= 0.6 is 0 Å². The predicted octanol–water partition coefficient (Wildman–Crippen LogP) is 1.80. The molecule has 0 fully saturated rings. The number of rotatable bonds is 4. The minimum absolute atomic E-state index is 0.0326. The normalized spacial score (nSPS) is 30.8. The van der Waals surface area contributed by atoms with Gasteiger partial charge < -0.3 is 39.0 Å². The third-order valence-corrected chi connectivity index (χ3v) is 6.00. The van der Waals surface area contributed by atoms with Crippen LogP contribution in [0.25, 0.3) is 0 Å². The van der Waals surface area contributed by atoms with Crippen LogP contribution in [0.5, 0.6) is 0 Å². The minimum atomic E-state index is -1.77. The van der Waals surface area contributed by atoms with Gasteiger partial charge in [-0.05, 0) is 17.7 Å². The zero-order valence-electron chi connectivity index (χ0n) is 17.7. The van der Waals surface area contributed by atoms with Gasteiger partial charge in [0.15, 0.2) is 11.5 Å². The van der Waals surface area contributed by atoms with Crippen molar-refractivity contribution in [3.8, 4) is 0 Å². The highest BCUT2D eigenvalue weighted by molar-refractivity contribution is 5.99. The van der Waals surface area contributed by atoms with Crippen LogP contribution in [0.1, 0.15) is 0 Å². The first-order valence-corrected chi connectivity index (χ1v) is 9.59. The second-order valence-corrected chi connectivity index (χ2v) is 7.46. The first kappa shape index (κ1) is 21.7. The SMILES string of the molecule is COC(=O)C1=CC2=C(OC)C=C(O)C3OC4(OC)C=C(O)C(O)=CC4=C(C1C(=O)OC)C23. The highest BCUT2D eigenvalue weighted by Crippen LogP contribution is 2.55. The molecule has 170 valence electrons. The number of allylic oxidation sites excluding steroid dienone is 2. The molecule has 0 aromatic heterocycles. The molecule has 0 aromatic carbocycles. The van der Waals surface area contributed by atoms with Crippen molar-refractivity contribution in [2.24, 2.45) is 11.8 Å². The van der Waals surface area contributed by atoms with Crippen molar-refractivity contribution in [3.63, 3.8) is 0 Å². The molecule has 3 N–H and O–H groups in total.